The van der Waals surface area contributed by atoms with Crippen LogP contribution >= 0.6 is 15.9 Å². The molecule has 0 saturated heterocycles. The normalized spacial score (nSPS) is 9.20. The third-order valence-electron chi connectivity index (χ3n) is 1.69. The quantitative estimate of drug-likeness (QED) is 0.648. The Morgan fingerprint density at radius 2 is 2.27 bits per heavy atom. The number of alkyl halides is 1. The van der Waals surface area contributed by atoms with Gasteiger partial charge in [-0.25, -0.2) is 4.39 Å². The summed E-state index contributed by atoms with van der Waals surface area (Å²) >= 11 is 3.22. The standard InChI is InChI=1S/C11H9BrFNO/c12-6-2-1-3-8-7-9(13)4-5-10(8)11(14)15/h4-5,7H,2,6H2,(H2,14,15). The second-order valence-corrected chi connectivity index (χ2v) is 3.59. The zero-order valence-corrected chi connectivity index (χ0v) is 9.47. The van der Waals surface area contributed by atoms with Crippen LogP contribution in [0, 0.1) is 17.7 Å². The lowest BCUT2D eigenvalue weighted by molar-refractivity contribution is 0.1000. The minimum absolute atomic E-state index is 0.249. The fourth-order valence-corrected chi connectivity index (χ4v) is 1.24. The van der Waals surface area contributed by atoms with Gasteiger partial charge in [-0.3, -0.25) is 4.79 Å². The van der Waals surface area contributed by atoms with Gasteiger partial charge in [0.05, 0.1) is 5.56 Å². The molecule has 1 rings (SSSR count). The van der Waals surface area contributed by atoms with E-state index in [1.54, 1.807) is 0 Å². The summed E-state index contributed by atoms with van der Waals surface area (Å²) in [7, 11) is 0. The maximum Gasteiger partial charge on any atom is 0.249 e. The van der Waals surface area contributed by atoms with Crippen LogP contribution in [0.4, 0.5) is 4.39 Å². The number of carbonyl (C=O) groups is 1. The molecule has 0 aliphatic heterocycles. The summed E-state index contributed by atoms with van der Waals surface area (Å²) in [5.74, 6) is 4.49. The minimum atomic E-state index is -0.599. The maximum absolute atomic E-state index is 12.9. The molecule has 2 nitrogen and oxygen atoms in total. The molecular formula is C11H9BrFNO. The molecule has 0 heterocycles. The molecule has 0 aliphatic rings. The van der Waals surface area contributed by atoms with E-state index in [4.69, 9.17) is 5.73 Å². The molecule has 1 aromatic carbocycles. The molecule has 4 heteroatoms. The lowest BCUT2D eigenvalue weighted by Crippen LogP contribution is -2.12. The highest BCUT2D eigenvalue weighted by Crippen LogP contribution is 2.09. The van der Waals surface area contributed by atoms with Crippen LogP contribution in [-0.2, 0) is 0 Å². The number of hydrogen-bond acceptors (Lipinski definition) is 1. The van der Waals surface area contributed by atoms with Gasteiger partial charge in [0.1, 0.15) is 5.82 Å². The number of primary amides is 1. The molecule has 0 bridgehead atoms. The Bertz CT molecular complexity index is 434. The average molecular weight is 270 g/mol. The van der Waals surface area contributed by atoms with Crippen LogP contribution in [0.25, 0.3) is 0 Å². The van der Waals surface area contributed by atoms with Crippen molar-refractivity contribution in [1.29, 1.82) is 0 Å². The smallest absolute Gasteiger partial charge is 0.249 e. The number of rotatable bonds is 2. The summed E-state index contributed by atoms with van der Waals surface area (Å²) in [6.45, 7) is 0. The van der Waals surface area contributed by atoms with Crippen LogP contribution in [0.5, 0.6) is 0 Å². The predicted molar refractivity (Wildman–Crippen MR) is 60.2 cm³/mol. The maximum atomic E-state index is 12.9. The van der Waals surface area contributed by atoms with E-state index < -0.39 is 11.7 Å². The van der Waals surface area contributed by atoms with E-state index in [2.05, 4.69) is 27.8 Å². The topological polar surface area (TPSA) is 43.1 Å². The van der Waals surface area contributed by atoms with Crippen molar-refractivity contribution in [2.45, 2.75) is 6.42 Å². The Balaban J connectivity index is 3.09. The van der Waals surface area contributed by atoms with Crippen LogP contribution in [0.15, 0.2) is 18.2 Å². The largest absolute Gasteiger partial charge is 0.366 e. The molecule has 0 aromatic heterocycles. The summed E-state index contributed by atoms with van der Waals surface area (Å²) < 4.78 is 12.9. The first-order chi connectivity index (χ1) is 7.15. The molecule has 1 aromatic rings. The van der Waals surface area contributed by atoms with Crippen LogP contribution in [0.1, 0.15) is 22.3 Å². The third kappa shape index (κ3) is 3.37. The Labute approximate surface area is 95.8 Å². The van der Waals surface area contributed by atoms with Crippen LogP contribution in [-0.4, -0.2) is 11.2 Å². The Hall–Kier alpha value is -1.34. The molecule has 0 aliphatic carbocycles. The molecule has 0 atom stereocenters. The van der Waals surface area contributed by atoms with Gasteiger partial charge in [0.15, 0.2) is 0 Å². The van der Waals surface area contributed by atoms with Gasteiger partial charge in [0, 0.05) is 17.3 Å². The Morgan fingerprint density at radius 1 is 1.53 bits per heavy atom. The second kappa shape index (κ2) is 5.52. The number of amides is 1. The summed E-state index contributed by atoms with van der Waals surface area (Å²) in [4.78, 5) is 11.0. The van der Waals surface area contributed by atoms with Gasteiger partial charge in [-0.2, -0.15) is 0 Å². The van der Waals surface area contributed by atoms with Crippen LogP contribution in [0.2, 0.25) is 0 Å². The molecule has 0 radical (unpaired) electrons. The van der Waals surface area contributed by atoms with Crippen molar-refractivity contribution in [2.24, 2.45) is 5.73 Å². The molecule has 2 N–H and O–H groups in total. The number of halogens is 2. The molecule has 15 heavy (non-hydrogen) atoms. The van der Waals surface area contributed by atoms with Crippen molar-refractivity contribution in [3.63, 3.8) is 0 Å². The molecule has 1 amide bonds. The Kier molecular flexibility index (Phi) is 4.32. The van der Waals surface area contributed by atoms with Gasteiger partial charge >= 0.3 is 0 Å². The van der Waals surface area contributed by atoms with Crippen molar-refractivity contribution in [1.82, 2.24) is 0 Å². The summed E-state index contributed by atoms with van der Waals surface area (Å²) in [5, 5.41) is 0.737. The van der Waals surface area contributed by atoms with Crippen molar-refractivity contribution in [2.75, 3.05) is 5.33 Å². The van der Waals surface area contributed by atoms with Crippen LogP contribution < -0.4 is 5.73 Å². The summed E-state index contributed by atoms with van der Waals surface area (Å²) in [6, 6.07) is 3.74. The highest BCUT2D eigenvalue weighted by Gasteiger charge is 2.06. The van der Waals surface area contributed by atoms with Gasteiger partial charge in [-0.15, -0.1) is 0 Å². The number of nitrogens with two attached hydrogens (primary N) is 1. The van der Waals surface area contributed by atoms with Crippen molar-refractivity contribution in [3.05, 3.63) is 35.1 Å². The first kappa shape index (κ1) is 11.7. The predicted octanol–water partition coefficient (Wildman–Crippen LogP) is 2.06. The zero-order valence-electron chi connectivity index (χ0n) is 7.89. The summed E-state index contributed by atoms with van der Waals surface area (Å²) in [5.41, 5.74) is 5.72. The number of hydrogen-bond donors (Lipinski definition) is 1. The van der Waals surface area contributed by atoms with Crippen molar-refractivity contribution in [3.8, 4) is 11.8 Å². The van der Waals surface area contributed by atoms with Crippen LogP contribution in [0.3, 0.4) is 0 Å². The van der Waals surface area contributed by atoms with Gasteiger partial charge in [-0.05, 0) is 18.2 Å². The van der Waals surface area contributed by atoms with E-state index in [1.807, 2.05) is 0 Å². The van der Waals surface area contributed by atoms with Crippen molar-refractivity contribution >= 4 is 21.8 Å². The number of benzene rings is 1. The molecule has 0 spiro atoms. The third-order valence-corrected chi connectivity index (χ3v) is 2.09. The highest BCUT2D eigenvalue weighted by atomic mass is 79.9. The SMILES string of the molecule is NC(=O)c1ccc(F)cc1C#CCCBr. The van der Waals surface area contributed by atoms with E-state index in [9.17, 15) is 9.18 Å². The lowest BCUT2D eigenvalue weighted by atomic mass is 10.1. The first-order valence-corrected chi connectivity index (χ1v) is 5.41. The first-order valence-electron chi connectivity index (χ1n) is 4.29. The van der Waals surface area contributed by atoms with Gasteiger partial charge in [0.2, 0.25) is 5.91 Å². The van der Waals surface area contributed by atoms with Gasteiger partial charge in [0.25, 0.3) is 0 Å². The fraction of sp³-hybridized carbons (Fsp3) is 0.182. The summed E-state index contributed by atoms with van der Waals surface area (Å²) in [6.07, 6.45) is 0.634. The average Bonchev–Trinajstić information content (AvgIpc) is 2.18. The van der Waals surface area contributed by atoms with E-state index in [0.717, 1.165) is 5.33 Å². The highest BCUT2D eigenvalue weighted by molar-refractivity contribution is 9.09. The minimum Gasteiger partial charge on any atom is -0.366 e. The number of carbonyl (C=O) groups excluding carboxylic acids is 1. The lowest BCUT2D eigenvalue weighted by Gasteiger charge is -1.99. The van der Waals surface area contributed by atoms with E-state index in [0.29, 0.717) is 12.0 Å². The van der Waals surface area contributed by atoms with Gasteiger partial charge < -0.3 is 5.73 Å². The molecule has 78 valence electrons. The Morgan fingerprint density at radius 3 is 2.87 bits per heavy atom. The van der Waals surface area contributed by atoms with E-state index in [-0.39, 0.29) is 5.56 Å². The molecule has 0 saturated carbocycles. The van der Waals surface area contributed by atoms with E-state index >= 15 is 0 Å². The molecular weight excluding hydrogens is 261 g/mol. The molecule has 0 unspecified atom stereocenters. The van der Waals surface area contributed by atoms with Crippen molar-refractivity contribution < 1.29 is 9.18 Å². The fourth-order valence-electron chi connectivity index (χ4n) is 1.04. The van der Waals surface area contributed by atoms with Gasteiger partial charge in [-0.1, -0.05) is 27.8 Å². The zero-order chi connectivity index (χ0) is 11.3. The van der Waals surface area contributed by atoms with E-state index in [1.165, 1.54) is 18.2 Å². The molecule has 0 fully saturated rings. The second-order valence-electron chi connectivity index (χ2n) is 2.79. The monoisotopic (exact) mass is 269 g/mol.